The molecule has 0 heterocycles. The Labute approximate surface area is 204 Å². The Balaban J connectivity index is 1.83. The molecule has 186 valence electrons. The molecule has 0 saturated heterocycles. The van der Waals surface area contributed by atoms with Crippen LogP contribution in [0.15, 0.2) is 80.7 Å². The molecular weight excluding hydrogens is 512 g/mol. The second-order valence-electron chi connectivity index (χ2n) is 7.62. The molecule has 14 heteroatoms. The Kier molecular flexibility index (Phi) is 6.05. The first-order chi connectivity index (χ1) is 16.8. The highest BCUT2D eigenvalue weighted by Crippen LogP contribution is 2.47. The number of anilines is 2. The number of azo groups is 1. The summed E-state index contributed by atoms with van der Waals surface area (Å²) in [5.41, 5.74) is 13.0. The molecular formula is C22H18N4O8S2. The van der Waals surface area contributed by atoms with Crippen LogP contribution >= 0.6 is 0 Å². The van der Waals surface area contributed by atoms with Gasteiger partial charge in [0.25, 0.3) is 20.2 Å². The smallest absolute Gasteiger partial charge is 0.296 e. The van der Waals surface area contributed by atoms with Gasteiger partial charge in [-0.3, -0.25) is 9.11 Å². The molecule has 4 aromatic carbocycles. The van der Waals surface area contributed by atoms with E-state index >= 15 is 0 Å². The number of phenols is 2. The van der Waals surface area contributed by atoms with Crippen molar-refractivity contribution in [2.45, 2.75) is 9.79 Å². The lowest BCUT2D eigenvalue weighted by atomic mass is 10.1. The fourth-order valence-corrected chi connectivity index (χ4v) is 5.00. The van der Waals surface area contributed by atoms with Gasteiger partial charge >= 0.3 is 0 Å². The molecule has 4 aromatic rings. The SMILES string of the molecule is Nc1ccc(-c2ccc(/N=N/c3cc(O)c4c(S(=O)(=O)O)cc(S(=O)(=O)O)c(N)c4c3O)cc2)cc1. The van der Waals surface area contributed by atoms with Crippen molar-refractivity contribution in [3.05, 3.63) is 60.7 Å². The molecule has 0 aromatic heterocycles. The summed E-state index contributed by atoms with van der Waals surface area (Å²) in [5, 5.41) is 27.6. The van der Waals surface area contributed by atoms with Gasteiger partial charge in [-0.1, -0.05) is 24.3 Å². The number of fused-ring (bicyclic) bond motifs is 1. The third-order valence-corrected chi connectivity index (χ3v) is 7.01. The molecule has 0 saturated carbocycles. The summed E-state index contributed by atoms with van der Waals surface area (Å²) < 4.78 is 66.1. The first-order valence-electron chi connectivity index (χ1n) is 9.91. The van der Waals surface area contributed by atoms with Crippen molar-refractivity contribution in [1.82, 2.24) is 0 Å². The number of hydrogen-bond acceptors (Lipinski definition) is 10. The molecule has 0 aliphatic carbocycles. The van der Waals surface area contributed by atoms with E-state index in [9.17, 15) is 36.2 Å². The summed E-state index contributed by atoms with van der Waals surface area (Å²) in [6, 6.07) is 15.2. The summed E-state index contributed by atoms with van der Waals surface area (Å²) in [5.74, 6) is -1.66. The van der Waals surface area contributed by atoms with Crippen molar-refractivity contribution in [2.24, 2.45) is 10.2 Å². The van der Waals surface area contributed by atoms with Gasteiger partial charge < -0.3 is 21.7 Å². The fraction of sp³-hybridized carbons (Fsp3) is 0. The number of nitrogens with two attached hydrogens (primary N) is 2. The minimum absolute atomic E-state index is 0.339. The van der Waals surface area contributed by atoms with Crippen LogP contribution in [0.5, 0.6) is 11.5 Å². The first-order valence-corrected chi connectivity index (χ1v) is 12.8. The predicted molar refractivity (Wildman–Crippen MR) is 132 cm³/mol. The van der Waals surface area contributed by atoms with Crippen LogP contribution in [-0.4, -0.2) is 36.2 Å². The largest absolute Gasteiger partial charge is 0.507 e. The third kappa shape index (κ3) is 4.65. The number of phenolic OH excluding ortho intramolecular Hbond substituents is 2. The van der Waals surface area contributed by atoms with E-state index in [-0.39, 0.29) is 0 Å². The topological polar surface area (TPSA) is 226 Å². The molecule has 0 spiro atoms. The molecule has 4 rings (SSSR count). The van der Waals surface area contributed by atoms with E-state index in [1.807, 2.05) is 12.1 Å². The summed E-state index contributed by atoms with van der Waals surface area (Å²) >= 11 is 0. The molecule has 12 nitrogen and oxygen atoms in total. The van der Waals surface area contributed by atoms with Crippen LogP contribution in [0.1, 0.15) is 0 Å². The Hall–Kier alpha value is -4.24. The van der Waals surface area contributed by atoms with E-state index in [0.29, 0.717) is 17.4 Å². The van der Waals surface area contributed by atoms with E-state index < -0.39 is 63.7 Å². The standard InChI is InChI=1S/C22H18N4O8S2/c23-13-5-1-11(2-6-13)12-3-7-14(8-4-12)25-26-15-9-16(27)19-17(35(29,30)31)10-18(36(32,33)34)21(24)20(19)22(15)28/h1-10,27-28H,23-24H2,(H,29,30,31)(H,32,33,34)/b26-25+. The molecule has 0 aliphatic heterocycles. The zero-order valence-electron chi connectivity index (χ0n) is 18.1. The van der Waals surface area contributed by atoms with Crippen LogP contribution < -0.4 is 11.5 Å². The predicted octanol–water partition coefficient (Wildman–Crippen LogP) is 3.99. The summed E-state index contributed by atoms with van der Waals surface area (Å²) in [4.78, 5) is -2.21. The fourth-order valence-electron chi connectivity index (χ4n) is 3.55. The van der Waals surface area contributed by atoms with E-state index in [4.69, 9.17) is 11.5 Å². The molecule has 0 atom stereocenters. The lowest BCUT2D eigenvalue weighted by Crippen LogP contribution is -2.08. The Morgan fingerprint density at radius 3 is 1.72 bits per heavy atom. The molecule has 0 radical (unpaired) electrons. The number of rotatable bonds is 5. The summed E-state index contributed by atoms with van der Waals surface area (Å²) in [7, 11) is -10.2. The van der Waals surface area contributed by atoms with E-state index in [0.717, 1.165) is 17.2 Å². The molecule has 0 unspecified atom stereocenters. The van der Waals surface area contributed by atoms with Crippen LogP contribution in [0.2, 0.25) is 0 Å². The van der Waals surface area contributed by atoms with Gasteiger partial charge in [0.1, 0.15) is 21.2 Å². The molecule has 36 heavy (non-hydrogen) atoms. The van der Waals surface area contributed by atoms with Crippen LogP contribution in [0.3, 0.4) is 0 Å². The molecule has 0 aliphatic rings. The van der Waals surface area contributed by atoms with Crippen LogP contribution in [-0.2, 0) is 20.2 Å². The minimum Gasteiger partial charge on any atom is -0.507 e. The van der Waals surface area contributed by atoms with Crippen molar-refractivity contribution in [2.75, 3.05) is 11.5 Å². The van der Waals surface area contributed by atoms with Gasteiger partial charge in [-0.25, -0.2) is 0 Å². The van der Waals surface area contributed by atoms with Gasteiger partial charge in [-0.2, -0.15) is 21.9 Å². The zero-order chi connectivity index (χ0) is 26.4. The van der Waals surface area contributed by atoms with Crippen LogP contribution in [0, 0.1) is 0 Å². The Morgan fingerprint density at radius 2 is 1.19 bits per heavy atom. The van der Waals surface area contributed by atoms with Crippen molar-refractivity contribution in [3.63, 3.8) is 0 Å². The number of nitrogen functional groups attached to an aromatic ring is 2. The van der Waals surface area contributed by atoms with Gasteiger partial charge in [0.2, 0.25) is 0 Å². The highest BCUT2D eigenvalue weighted by atomic mass is 32.2. The Bertz CT molecular complexity index is 1750. The van der Waals surface area contributed by atoms with Gasteiger partial charge in [0.05, 0.1) is 22.1 Å². The van der Waals surface area contributed by atoms with Crippen LogP contribution in [0.25, 0.3) is 21.9 Å². The Morgan fingerprint density at radius 1 is 0.667 bits per heavy atom. The second kappa shape index (κ2) is 8.76. The lowest BCUT2D eigenvalue weighted by Gasteiger charge is -2.14. The minimum atomic E-state index is -5.13. The van der Waals surface area contributed by atoms with E-state index in [1.54, 1.807) is 36.4 Å². The van der Waals surface area contributed by atoms with Gasteiger partial charge in [0, 0.05) is 11.8 Å². The van der Waals surface area contributed by atoms with Gasteiger partial charge in [0.15, 0.2) is 5.75 Å². The first kappa shape index (κ1) is 24.9. The van der Waals surface area contributed by atoms with Crippen molar-refractivity contribution in [3.8, 4) is 22.6 Å². The number of aromatic hydroxyl groups is 2. The van der Waals surface area contributed by atoms with Crippen molar-refractivity contribution < 1.29 is 36.2 Å². The molecule has 0 bridgehead atoms. The lowest BCUT2D eigenvalue weighted by molar-refractivity contribution is 0.466. The summed E-state index contributed by atoms with van der Waals surface area (Å²) in [6.07, 6.45) is 0. The molecule has 0 amide bonds. The average molecular weight is 531 g/mol. The zero-order valence-corrected chi connectivity index (χ0v) is 19.7. The summed E-state index contributed by atoms with van der Waals surface area (Å²) in [6.45, 7) is 0. The normalized spacial score (nSPS) is 12.4. The van der Waals surface area contributed by atoms with E-state index in [1.165, 1.54) is 0 Å². The highest BCUT2D eigenvalue weighted by molar-refractivity contribution is 7.87. The number of benzene rings is 4. The van der Waals surface area contributed by atoms with Crippen molar-refractivity contribution in [1.29, 1.82) is 0 Å². The second-order valence-corrected chi connectivity index (χ2v) is 10.4. The highest BCUT2D eigenvalue weighted by Gasteiger charge is 2.28. The third-order valence-electron chi connectivity index (χ3n) is 5.24. The quantitative estimate of drug-likeness (QED) is 0.0940. The van der Waals surface area contributed by atoms with E-state index in [2.05, 4.69) is 10.2 Å². The maximum absolute atomic E-state index is 11.8. The maximum atomic E-state index is 11.8. The maximum Gasteiger partial charge on any atom is 0.296 e. The monoisotopic (exact) mass is 530 g/mol. The average Bonchev–Trinajstić information content (AvgIpc) is 2.79. The number of hydrogen-bond donors (Lipinski definition) is 6. The van der Waals surface area contributed by atoms with Gasteiger partial charge in [-0.15, -0.1) is 5.11 Å². The van der Waals surface area contributed by atoms with Crippen molar-refractivity contribution >= 4 is 53.8 Å². The van der Waals surface area contributed by atoms with Gasteiger partial charge in [-0.05, 0) is 41.5 Å². The molecule has 8 N–H and O–H groups in total. The van der Waals surface area contributed by atoms with Crippen LogP contribution in [0.4, 0.5) is 22.7 Å². The molecule has 0 fully saturated rings. The number of nitrogens with zero attached hydrogens (tertiary/aromatic N) is 2.